The van der Waals surface area contributed by atoms with Crippen molar-refractivity contribution in [3.05, 3.63) is 41.6 Å². The van der Waals surface area contributed by atoms with Gasteiger partial charge in [-0.1, -0.05) is 37.3 Å². The summed E-state index contributed by atoms with van der Waals surface area (Å²) in [6, 6.07) is 8.56. The maximum Gasteiger partial charge on any atom is 0.433 e. The molecule has 0 saturated heterocycles. The van der Waals surface area contributed by atoms with Crippen molar-refractivity contribution in [3.63, 3.8) is 0 Å². The summed E-state index contributed by atoms with van der Waals surface area (Å²) in [5.41, 5.74) is -0.177. The van der Waals surface area contributed by atoms with Crippen molar-refractivity contribution in [1.82, 2.24) is 10.2 Å². The van der Waals surface area contributed by atoms with Gasteiger partial charge in [-0.3, -0.25) is 9.31 Å². The molecule has 2 aromatic rings. The Balaban J connectivity index is 2.53. The normalized spacial score (nSPS) is 13.4. The van der Waals surface area contributed by atoms with Crippen LogP contribution in [0.3, 0.4) is 0 Å². The quantitative estimate of drug-likeness (QED) is 0.941. The Hall–Kier alpha value is -1.63. The van der Waals surface area contributed by atoms with E-state index in [0.717, 1.165) is 0 Å². The van der Waals surface area contributed by atoms with Crippen LogP contribution < -0.4 is 0 Å². The zero-order valence-electron chi connectivity index (χ0n) is 10.7. The molecule has 0 bridgehead atoms. The van der Waals surface area contributed by atoms with Gasteiger partial charge in [0.15, 0.2) is 0 Å². The van der Waals surface area contributed by atoms with Crippen LogP contribution in [0.2, 0.25) is 0 Å². The van der Waals surface area contributed by atoms with E-state index in [1.165, 1.54) is 0 Å². The molecule has 1 heterocycles. The largest absolute Gasteiger partial charge is 0.433 e. The van der Waals surface area contributed by atoms with Gasteiger partial charge in [0.25, 0.3) is 0 Å². The number of nitrogens with one attached hydrogen (secondary N) is 1. The monoisotopic (exact) mass is 302 g/mol. The van der Waals surface area contributed by atoms with Gasteiger partial charge in [0.2, 0.25) is 0 Å². The predicted octanol–water partition coefficient (Wildman–Crippen LogP) is 3.36. The van der Waals surface area contributed by atoms with Crippen molar-refractivity contribution in [2.24, 2.45) is 0 Å². The second kappa shape index (κ2) is 5.78. The molecule has 0 saturated carbocycles. The van der Waals surface area contributed by atoms with E-state index in [1.807, 2.05) is 5.10 Å². The van der Waals surface area contributed by atoms with Crippen molar-refractivity contribution < 1.29 is 17.4 Å². The molecule has 0 spiro atoms. The van der Waals surface area contributed by atoms with E-state index in [4.69, 9.17) is 0 Å². The summed E-state index contributed by atoms with van der Waals surface area (Å²) in [5.74, 6) is 0.142. The number of aromatic amines is 1. The molecule has 1 N–H and O–H groups in total. The fourth-order valence-corrected chi connectivity index (χ4v) is 2.65. The van der Waals surface area contributed by atoms with E-state index in [0.29, 0.717) is 11.3 Å². The van der Waals surface area contributed by atoms with Gasteiger partial charge in [0.05, 0.1) is 11.4 Å². The van der Waals surface area contributed by atoms with Crippen LogP contribution in [-0.2, 0) is 22.7 Å². The molecule has 3 nitrogen and oxygen atoms in total. The topological polar surface area (TPSA) is 45.8 Å². The Morgan fingerprint density at radius 2 is 1.90 bits per heavy atom. The molecule has 1 aromatic carbocycles. The van der Waals surface area contributed by atoms with Crippen LogP contribution in [0, 0.1) is 0 Å². The molecule has 2 rings (SSSR count). The number of nitrogens with zero attached hydrogens (tertiary/aromatic N) is 1. The lowest BCUT2D eigenvalue weighted by Gasteiger charge is -2.08. The molecule has 0 aliphatic rings. The van der Waals surface area contributed by atoms with Gasteiger partial charge in [0.1, 0.15) is 5.69 Å². The minimum absolute atomic E-state index is 0.0381. The number of hydrogen-bond donors (Lipinski definition) is 1. The van der Waals surface area contributed by atoms with Gasteiger partial charge >= 0.3 is 6.18 Å². The molecule has 0 aliphatic heterocycles. The van der Waals surface area contributed by atoms with Gasteiger partial charge in [-0.05, 0) is 0 Å². The van der Waals surface area contributed by atoms with E-state index in [1.54, 1.807) is 37.3 Å². The van der Waals surface area contributed by atoms with Crippen LogP contribution in [0.5, 0.6) is 0 Å². The second-order valence-electron chi connectivity index (χ2n) is 4.16. The van der Waals surface area contributed by atoms with E-state index in [9.17, 15) is 17.4 Å². The van der Waals surface area contributed by atoms with E-state index < -0.39 is 22.7 Å². The zero-order valence-corrected chi connectivity index (χ0v) is 11.5. The van der Waals surface area contributed by atoms with Gasteiger partial charge in [-0.25, -0.2) is 0 Å². The smallest absolute Gasteiger partial charge is 0.273 e. The first-order chi connectivity index (χ1) is 9.43. The first-order valence-corrected chi connectivity index (χ1v) is 7.47. The molecule has 0 amide bonds. The van der Waals surface area contributed by atoms with Gasteiger partial charge < -0.3 is 0 Å². The number of benzene rings is 1. The van der Waals surface area contributed by atoms with Crippen LogP contribution in [0.1, 0.15) is 18.2 Å². The number of alkyl halides is 3. The molecule has 0 fully saturated rings. The fraction of sp³-hybridized carbons (Fsp3) is 0.308. The van der Waals surface area contributed by atoms with Crippen molar-refractivity contribution in [3.8, 4) is 11.3 Å². The first kappa shape index (κ1) is 14.8. The summed E-state index contributed by atoms with van der Waals surface area (Å²) < 4.78 is 50.5. The summed E-state index contributed by atoms with van der Waals surface area (Å²) in [5, 5.41) is 5.79. The number of halogens is 3. The Bertz CT molecular complexity index is 608. The lowest BCUT2D eigenvalue weighted by Crippen LogP contribution is -2.11. The summed E-state index contributed by atoms with van der Waals surface area (Å²) in [6.45, 7) is 1.67. The van der Waals surface area contributed by atoms with Crippen molar-refractivity contribution in [2.45, 2.75) is 18.9 Å². The lowest BCUT2D eigenvalue weighted by molar-refractivity contribution is -0.141. The average molecular weight is 302 g/mol. The zero-order chi connectivity index (χ0) is 14.8. The molecule has 1 unspecified atom stereocenters. The van der Waals surface area contributed by atoms with Crippen molar-refractivity contribution in [1.29, 1.82) is 0 Å². The van der Waals surface area contributed by atoms with Crippen LogP contribution in [0.25, 0.3) is 11.3 Å². The number of aromatic nitrogens is 2. The molecule has 1 atom stereocenters. The van der Waals surface area contributed by atoms with E-state index >= 15 is 0 Å². The minimum Gasteiger partial charge on any atom is -0.273 e. The molecular weight excluding hydrogens is 289 g/mol. The second-order valence-corrected chi connectivity index (χ2v) is 5.91. The summed E-state index contributed by atoms with van der Waals surface area (Å²) in [7, 11) is -1.35. The Labute approximate surface area is 116 Å². The summed E-state index contributed by atoms with van der Waals surface area (Å²) in [4.78, 5) is 0. The van der Waals surface area contributed by atoms with E-state index in [-0.39, 0.29) is 17.0 Å². The number of rotatable bonds is 4. The Kier molecular flexibility index (Phi) is 4.27. The van der Waals surface area contributed by atoms with Crippen LogP contribution >= 0.6 is 0 Å². The van der Waals surface area contributed by atoms with E-state index in [2.05, 4.69) is 5.10 Å². The first-order valence-electron chi connectivity index (χ1n) is 5.98. The molecule has 0 aliphatic carbocycles. The minimum atomic E-state index is -4.53. The summed E-state index contributed by atoms with van der Waals surface area (Å²) >= 11 is 0. The SMILES string of the molecule is CCS(=O)Cc1c(-c2ccccc2)n[nH]c1C(F)(F)F. The number of hydrogen-bond acceptors (Lipinski definition) is 2. The highest BCUT2D eigenvalue weighted by atomic mass is 32.2. The molecular formula is C13H13F3N2OS. The van der Waals surface area contributed by atoms with Crippen molar-refractivity contribution >= 4 is 10.8 Å². The molecule has 20 heavy (non-hydrogen) atoms. The van der Waals surface area contributed by atoms with Gasteiger partial charge in [-0.15, -0.1) is 0 Å². The highest BCUT2D eigenvalue weighted by Crippen LogP contribution is 2.35. The van der Waals surface area contributed by atoms with Crippen LogP contribution in [0.4, 0.5) is 13.2 Å². The molecule has 108 valence electrons. The highest BCUT2D eigenvalue weighted by Gasteiger charge is 2.37. The fourth-order valence-electron chi connectivity index (χ4n) is 1.84. The van der Waals surface area contributed by atoms with Crippen LogP contribution in [-0.4, -0.2) is 20.2 Å². The number of H-pyrrole nitrogens is 1. The third-order valence-corrected chi connectivity index (χ3v) is 4.08. The Morgan fingerprint density at radius 3 is 2.45 bits per heavy atom. The summed E-state index contributed by atoms with van der Waals surface area (Å²) in [6.07, 6.45) is -4.53. The standard InChI is InChI=1S/C13H13F3N2OS/c1-2-20(19)8-10-11(9-6-4-3-5-7-9)17-18-12(10)13(14,15)16/h3-7H,2,8H2,1H3,(H,17,18). The highest BCUT2D eigenvalue weighted by molar-refractivity contribution is 7.84. The third kappa shape index (κ3) is 3.09. The molecule has 7 heteroatoms. The predicted molar refractivity (Wildman–Crippen MR) is 71.4 cm³/mol. The van der Waals surface area contributed by atoms with Gasteiger partial charge in [-0.2, -0.15) is 18.3 Å². The maximum absolute atomic E-state index is 13.0. The molecule has 0 radical (unpaired) electrons. The van der Waals surface area contributed by atoms with Gasteiger partial charge in [0, 0.05) is 27.7 Å². The maximum atomic E-state index is 13.0. The average Bonchev–Trinajstić information content (AvgIpc) is 2.83. The lowest BCUT2D eigenvalue weighted by atomic mass is 10.1. The van der Waals surface area contributed by atoms with Crippen molar-refractivity contribution in [2.75, 3.05) is 5.75 Å². The molecule has 1 aromatic heterocycles. The third-order valence-electron chi connectivity index (χ3n) is 2.83. The van der Waals surface area contributed by atoms with Crippen LogP contribution in [0.15, 0.2) is 30.3 Å². The Morgan fingerprint density at radius 1 is 1.25 bits per heavy atom.